The van der Waals surface area contributed by atoms with E-state index < -0.39 is 5.97 Å². The second-order valence-corrected chi connectivity index (χ2v) is 6.94. The van der Waals surface area contributed by atoms with Crippen molar-refractivity contribution < 1.29 is 14.3 Å². The summed E-state index contributed by atoms with van der Waals surface area (Å²) >= 11 is 1.40. The van der Waals surface area contributed by atoms with Crippen LogP contribution >= 0.6 is 11.3 Å². The molecule has 0 aliphatic carbocycles. The van der Waals surface area contributed by atoms with E-state index in [0.717, 1.165) is 21.0 Å². The van der Waals surface area contributed by atoms with Gasteiger partial charge in [-0.15, -0.1) is 0 Å². The summed E-state index contributed by atoms with van der Waals surface area (Å²) in [7, 11) is 1.35. The van der Waals surface area contributed by atoms with E-state index in [-0.39, 0.29) is 12.5 Å². The normalized spacial score (nSPS) is 11.8. The number of hydrogen-bond acceptors (Lipinski definition) is 4. The lowest BCUT2D eigenvalue weighted by molar-refractivity contribution is -0.141. The Bertz CT molecular complexity index is 1220. The molecule has 4 aromatic rings. The predicted octanol–water partition coefficient (Wildman–Crippen LogP) is 3.77. The van der Waals surface area contributed by atoms with Gasteiger partial charge in [0.1, 0.15) is 6.54 Å². The predicted molar refractivity (Wildman–Crippen MR) is 106 cm³/mol. The lowest BCUT2D eigenvalue weighted by Gasteiger charge is -2.04. The zero-order valence-corrected chi connectivity index (χ0v) is 15.4. The van der Waals surface area contributed by atoms with E-state index in [2.05, 4.69) is 4.99 Å². The maximum Gasteiger partial charge on any atom is 0.325 e. The van der Waals surface area contributed by atoms with Crippen LogP contribution in [-0.2, 0) is 16.1 Å². The van der Waals surface area contributed by atoms with Gasteiger partial charge in [0.15, 0.2) is 4.80 Å². The smallest absolute Gasteiger partial charge is 0.325 e. The number of methoxy groups -OCH3 is 1. The van der Waals surface area contributed by atoms with Crippen molar-refractivity contribution in [1.29, 1.82) is 0 Å². The van der Waals surface area contributed by atoms with Crippen molar-refractivity contribution in [2.45, 2.75) is 6.54 Å². The molecule has 4 rings (SSSR count). The number of benzene rings is 3. The Morgan fingerprint density at radius 1 is 1.00 bits per heavy atom. The van der Waals surface area contributed by atoms with Gasteiger partial charge in [-0.25, -0.2) is 0 Å². The zero-order valence-electron chi connectivity index (χ0n) is 14.6. The SMILES string of the molecule is COC(=O)Cn1c(=NC(=O)c2ccccc2)sc2c3ccccc3ccc21. The van der Waals surface area contributed by atoms with E-state index >= 15 is 0 Å². The minimum Gasteiger partial charge on any atom is -0.468 e. The molecular formula is C21H16N2O3S. The molecule has 134 valence electrons. The van der Waals surface area contributed by atoms with Crippen LogP contribution in [0.3, 0.4) is 0 Å². The van der Waals surface area contributed by atoms with Crippen molar-refractivity contribution in [2.24, 2.45) is 4.99 Å². The average molecular weight is 376 g/mol. The first-order valence-corrected chi connectivity index (χ1v) is 9.21. The van der Waals surface area contributed by atoms with Crippen molar-refractivity contribution in [3.63, 3.8) is 0 Å². The van der Waals surface area contributed by atoms with Crippen LogP contribution in [0, 0.1) is 0 Å². The number of aromatic nitrogens is 1. The van der Waals surface area contributed by atoms with Crippen LogP contribution in [0.5, 0.6) is 0 Å². The van der Waals surface area contributed by atoms with Crippen LogP contribution in [-0.4, -0.2) is 23.6 Å². The molecule has 1 amide bonds. The number of carbonyl (C=O) groups excluding carboxylic acids is 2. The zero-order chi connectivity index (χ0) is 18.8. The van der Waals surface area contributed by atoms with Crippen LogP contribution in [0.1, 0.15) is 10.4 Å². The van der Waals surface area contributed by atoms with Crippen molar-refractivity contribution in [1.82, 2.24) is 4.57 Å². The van der Waals surface area contributed by atoms with E-state index in [1.165, 1.54) is 18.4 Å². The molecule has 5 nitrogen and oxygen atoms in total. The quantitative estimate of drug-likeness (QED) is 0.512. The maximum atomic E-state index is 12.6. The second-order valence-electron chi connectivity index (χ2n) is 5.96. The Morgan fingerprint density at radius 2 is 1.74 bits per heavy atom. The maximum absolute atomic E-state index is 12.6. The fraction of sp³-hybridized carbons (Fsp3) is 0.0952. The summed E-state index contributed by atoms with van der Waals surface area (Å²) in [6, 6.07) is 20.8. The lowest BCUT2D eigenvalue weighted by atomic mass is 10.1. The fourth-order valence-electron chi connectivity index (χ4n) is 2.96. The molecule has 0 bridgehead atoms. The first kappa shape index (κ1) is 17.2. The highest BCUT2D eigenvalue weighted by molar-refractivity contribution is 7.17. The summed E-state index contributed by atoms with van der Waals surface area (Å²) in [5, 5.41) is 2.16. The lowest BCUT2D eigenvalue weighted by Crippen LogP contribution is -2.22. The molecule has 0 aliphatic rings. The molecule has 0 radical (unpaired) electrons. The molecule has 3 aromatic carbocycles. The van der Waals surface area contributed by atoms with Gasteiger partial charge < -0.3 is 9.30 Å². The Morgan fingerprint density at radius 3 is 2.52 bits per heavy atom. The standard InChI is InChI=1S/C21H16N2O3S/c1-26-18(24)13-23-17-12-11-14-7-5-6-10-16(14)19(17)27-21(23)22-20(25)15-8-3-2-4-9-15/h2-12H,13H2,1H3. The minimum absolute atomic E-state index is 0.00422. The van der Waals surface area contributed by atoms with Gasteiger partial charge in [0, 0.05) is 10.9 Å². The number of rotatable bonds is 3. The summed E-state index contributed by atoms with van der Waals surface area (Å²) in [5.41, 5.74) is 1.35. The summed E-state index contributed by atoms with van der Waals surface area (Å²) in [6.07, 6.45) is 0. The topological polar surface area (TPSA) is 60.7 Å². The molecule has 0 saturated carbocycles. The van der Waals surface area contributed by atoms with Crippen LogP contribution in [0.4, 0.5) is 0 Å². The highest BCUT2D eigenvalue weighted by Crippen LogP contribution is 2.27. The molecule has 1 heterocycles. The van der Waals surface area contributed by atoms with Crippen molar-refractivity contribution >= 4 is 44.2 Å². The molecule has 6 heteroatoms. The Labute approximate surface area is 159 Å². The van der Waals surface area contributed by atoms with E-state index in [1.807, 2.05) is 42.5 Å². The van der Waals surface area contributed by atoms with E-state index in [4.69, 9.17) is 4.74 Å². The second kappa shape index (κ2) is 7.17. The molecular weight excluding hydrogens is 360 g/mol. The van der Waals surface area contributed by atoms with Gasteiger partial charge in [-0.2, -0.15) is 4.99 Å². The van der Waals surface area contributed by atoms with Gasteiger partial charge >= 0.3 is 5.97 Å². The Balaban J connectivity index is 1.96. The third kappa shape index (κ3) is 3.27. The molecule has 0 spiro atoms. The van der Waals surface area contributed by atoms with Gasteiger partial charge in [-0.1, -0.05) is 59.9 Å². The van der Waals surface area contributed by atoms with Crippen molar-refractivity contribution in [3.05, 3.63) is 77.1 Å². The first-order chi connectivity index (χ1) is 13.2. The summed E-state index contributed by atoms with van der Waals surface area (Å²) in [4.78, 5) is 29.3. The Hall–Kier alpha value is -3.25. The summed E-state index contributed by atoms with van der Waals surface area (Å²) in [6.45, 7) is -0.00422. The molecule has 1 aromatic heterocycles. The number of amides is 1. The van der Waals surface area contributed by atoms with Crippen molar-refractivity contribution in [3.8, 4) is 0 Å². The summed E-state index contributed by atoms with van der Waals surface area (Å²) < 4.78 is 7.54. The van der Waals surface area contributed by atoms with Gasteiger partial charge in [0.05, 0.1) is 17.3 Å². The van der Waals surface area contributed by atoms with Gasteiger partial charge in [0.25, 0.3) is 5.91 Å². The van der Waals surface area contributed by atoms with Crippen LogP contribution < -0.4 is 4.80 Å². The number of nitrogens with zero attached hydrogens (tertiary/aromatic N) is 2. The van der Waals surface area contributed by atoms with Gasteiger partial charge in [-0.3, -0.25) is 9.59 Å². The third-order valence-corrected chi connectivity index (χ3v) is 5.43. The van der Waals surface area contributed by atoms with Crippen molar-refractivity contribution in [2.75, 3.05) is 7.11 Å². The first-order valence-electron chi connectivity index (χ1n) is 8.39. The number of esters is 1. The average Bonchev–Trinajstić information content (AvgIpc) is 3.06. The Kier molecular flexibility index (Phi) is 4.56. The fourth-order valence-corrected chi connectivity index (χ4v) is 4.13. The van der Waals surface area contributed by atoms with Crippen LogP contribution in [0.25, 0.3) is 21.0 Å². The number of thiazole rings is 1. The van der Waals surface area contributed by atoms with Crippen LogP contribution in [0.2, 0.25) is 0 Å². The highest BCUT2D eigenvalue weighted by Gasteiger charge is 2.14. The molecule has 0 unspecified atom stereocenters. The van der Waals surface area contributed by atoms with E-state index in [0.29, 0.717) is 10.4 Å². The number of hydrogen-bond donors (Lipinski definition) is 0. The molecule has 0 saturated heterocycles. The third-order valence-electron chi connectivity index (χ3n) is 4.31. The number of fused-ring (bicyclic) bond motifs is 3. The largest absolute Gasteiger partial charge is 0.468 e. The number of ether oxygens (including phenoxy) is 1. The number of carbonyl (C=O) groups is 2. The molecule has 0 atom stereocenters. The van der Waals surface area contributed by atoms with E-state index in [9.17, 15) is 9.59 Å². The minimum atomic E-state index is -0.392. The monoisotopic (exact) mass is 376 g/mol. The molecule has 27 heavy (non-hydrogen) atoms. The summed E-state index contributed by atoms with van der Waals surface area (Å²) in [5.74, 6) is -0.735. The molecule has 0 fully saturated rings. The van der Waals surface area contributed by atoms with Gasteiger partial charge in [0.2, 0.25) is 0 Å². The highest BCUT2D eigenvalue weighted by atomic mass is 32.1. The van der Waals surface area contributed by atoms with Crippen LogP contribution in [0.15, 0.2) is 71.7 Å². The van der Waals surface area contributed by atoms with Gasteiger partial charge in [-0.05, 0) is 23.6 Å². The molecule has 0 N–H and O–H groups in total. The van der Waals surface area contributed by atoms with E-state index in [1.54, 1.807) is 28.8 Å². The molecule has 0 aliphatic heterocycles.